The second-order valence-corrected chi connectivity index (χ2v) is 7.01. The van der Waals surface area contributed by atoms with Crippen LogP contribution in [0.1, 0.15) is 34.8 Å². The van der Waals surface area contributed by atoms with Crippen molar-refractivity contribution in [2.75, 3.05) is 0 Å². The Morgan fingerprint density at radius 2 is 1.67 bits per heavy atom. The predicted molar refractivity (Wildman–Crippen MR) is 102 cm³/mol. The third-order valence-corrected chi connectivity index (χ3v) is 5.09. The molecule has 0 fully saturated rings. The van der Waals surface area contributed by atoms with Crippen LogP contribution < -0.4 is 4.74 Å². The summed E-state index contributed by atoms with van der Waals surface area (Å²) in [5.41, 5.74) is 2.41. The van der Waals surface area contributed by atoms with Crippen molar-refractivity contribution in [3.05, 3.63) is 71.3 Å². The first-order valence-corrected chi connectivity index (χ1v) is 9.07. The van der Waals surface area contributed by atoms with Gasteiger partial charge in [0.25, 0.3) is 0 Å². The molecule has 138 valence electrons. The third kappa shape index (κ3) is 3.05. The molecule has 5 heteroatoms. The fourth-order valence-electron chi connectivity index (χ4n) is 3.65. The van der Waals surface area contributed by atoms with Gasteiger partial charge in [-0.2, -0.15) is 0 Å². The molecule has 0 saturated heterocycles. The molecule has 27 heavy (non-hydrogen) atoms. The van der Waals surface area contributed by atoms with Crippen LogP contribution in [0.15, 0.2) is 54.6 Å². The quantitative estimate of drug-likeness (QED) is 0.539. The van der Waals surface area contributed by atoms with Gasteiger partial charge in [-0.25, -0.2) is 9.36 Å². The summed E-state index contributed by atoms with van der Waals surface area (Å²) >= 11 is 0. The zero-order valence-electron chi connectivity index (χ0n) is 15.1. The van der Waals surface area contributed by atoms with Gasteiger partial charge in [-0.3, -0.25) is 0 Å². The van der Waals surface area contributed by atoms with Crippen molar-refractivity contribution in [2.24, 2.45) is 5.92 Å². The molecule has 1 unspecified atom stereocenters. The lowest BCUT2D eigenvalue weighted by molar-refractivity contribution is 0.0734. The summed E-state index contributed by atoms with van der Waals surface area (Å²) < 4.78 is 6.94. The molecule has 4 rings (SSSR count). The Morgan fingerprint density at radius 3 is 2.44 bits per heavy atom. The van der Waals surface area contributed by atoms with Crippen molar-refractivity contribution < 1.29 is 19.7 Å². The number of fused-ring (bicyclic) bond motifs is 1. The Kier molecular flexibility index (Phi) is 4.36. The van der Waals surface area contributed by atoms with Crippen LogP contribution >= 0.6 is 0 Å². The van der Waals surface area contributed by atoms with E-state index in [4.69, 9.17) is 4.74 Å². The molecule has 2 aromatic carbocycles. The van der Waals surface area contributed by atoms with Crippen LogP contribution in [0.25, 0.3) is 5.69 Å². The molecular formula is C22H21NO4. The Bertz CT molecular complexity index is 991. The standard InChI is InChI=1S/C22H21NO4/c1-14-11-12-16-17(13-14)21(25)23(20(16)24)18-9-5-6-10-19(18)27-22(26)15-7-3-2-4-8-15/h2-10,14,24-25H,11-13H2,1H3. The molecule has 3 aromatic rings. The lowest BCUT2D eigenvalue weighted by Gasteiger charge is -2.17. The molecule has 0 radical (unpaired) electrons. The molecule has 0 saturated carbocycles. The SMILES string of the molecule is CC1CCc2c(c(O)n(-c3ccccc3OC(=O)c3ccccc3)c2O)C1. The number of benzene rings is 2. The van der Waals surface area contributed by atoms with Crippen LogP contribution in [0.4, 0.5) is 0 Å². The van der Waals surface area contributed by atoms with Gasteiger partial charge in [0.2, 0.25) is 11.8 Å². The largest absolute Gasteiger partial charge is 0.494 e. The van der Waals surface area contributed by atoms with Crippen LogP contribution in [0.3, 0.4) is 0 Å². The molecule has 1 aromatic heterocycles. The maximum atomic E-state index is 12.4. The second-order valence-electron chi connectivity index (χ2n) is 7.01. The molecule has 0 amide bonds. The minimum absolute atomic E-state index is 0.0114. The van der Waals surface area contributed by atoms with Crippen molar-refractivity contribution >= 4 is 5.97 Å². The number of carbonyl (C=O) groups excluding carboxylic acids is 1. The van der Waals surface area contributed by atoms with Crippen LogP contribution in [0.2, 0.25) is 0 Å². The van der Waals surface area contributed by atoms with Crippen molar-refractivity contribution in [1.29, 1.82) is 0 Å². The summed E-state index contributed by atoms with van der Waals surface area (Å²) in [6.07, 6.45) is 2.40. The van der Waals surface area contributed by atoms with Crippen LogP contribution in [0.5, 0.6) is 17.5 Å². The Labute approximate surface area is 157 Å². The Hall–Kier alpha value is -3.21. The van der Waals surface area contributed by atoms with Crippen LogP contribution in [-0.4, -0.2) is 20.7 Å². The van der Waals surface area contributed by atoms with Crippen molar-refractivity contribution in [3.63, 3.8) is 0 Å². The maximum absolute atomic E-state index is 12.4. The average molecular weight is 363 g/mol. The predicted octanol–water partition coefficient (Wildman–Crippen LogP) is 4.23. The molecule has 0 spiro atoms. The monoisotopic (exact) mass is 363 g/mol. The summed E-state index contributed by atoms with van der Waals surface area (Å²) in [6.45, 7) is 2.13. The highest BCUT2D eigenvalue weighted by Gasteiger charge is 2.29. The van der Waals surface area contributed by atoms with Gasteiger partial charge in [-0.15, -0.1) is 0 Å². The lowest BCUT2D eigenvalue weighted by Crippen LogP contribution is -2.10. The zero-order valence-corrected chi connectivity index (χ0v) is 15.1. The number of para-hydroxylation sites is 2. The maximum Gasteiger partial charge on any atom is 0.343 e. The van der Waals surface area contributed by atoms with E-state index in [1.807, 2.05) is 6.07 Å². The van der Waals surface area contributed by atoms with E-state index in [0.29, 0.717) is 23.6 Å². The van der Waals surface area contributed by atoms with Gasteiger partial charge in [0.15, 0.2) is 5.75 Å². The van der Waals surface area contributed by atoms with Gasteiger partial charge in [0, 0.05) is 11.1 Å². The summed E-state index contributed by atoms with van der Waals surface area (Å²) in [5, 5.41) is 21.5. The number of aromatic hydroxyl groups is 2. The number of aromatic nitrogens is 1. The minimum atomic E-state index is -0.493. The van der Waals surface area contributed by atoms with E-state index in [0.717, 1.165) is 24.0 Å². The van der Waals surface area contributed by atoms with Crippen molar-refractivity contribution in [2.45, 2.75) is 26.2 Å². The average Bonchev–Trinajstić information content (AvgIpc) is 2.93. The van der Waals surface area contributed by atoms with E-state index < -0.39 is 5.97 Å². The van der Waals surface area contributed by atoms with E-state index in [1.165, 1.54) is 4.57 Å². The first-order valence-electron chi connectivity index (χ1n) is 9.07. The molecule has 1 heterocycles. The second kappa shape index (κ2) is 6.83. The van der Waals surface area contributed by atoms with Gasteiger partial charge in [-0.05, 0) is 49.4 Å². The van der Waals surface area contributed by atoms with E-state index in [9.17, 15) is 15.0 Å². The first kappa shape index (κ1) is 17.2. The molecular weight excluding hydrogens is 342 g/mol. The number of rotatable bonds is 3. The normalized spacial score (nSPS) is 16.0. The van der Waals surface area contributed by atoms with Gasteiger partial charge >= 0.3 is 5.97 Å². The first-order chi connectivity index (χ1) is 13.1. The topological polar surface area (TPSA) is 71.7 Å². The number of hydrogen-bond donors (Lipinski definition) is 2. The molecule has 1 atom stereocenters. The highest BCUT2D eigenvalue weighted by molar-refractivity contribution is 5.91. The lowest BCUT2D eigenvalue weighted by atomic mass is 9.87. The molecule has 2 N–H and O–H groups in total. The summed E-state index contributed by atoms with van der Waals surface area (Å²) in [5.74, 6) is 0.254. The van der Waals surface area contributed by atoms with Crippen LogP contribution in [-0.2, 0) is 12.8 Å². The number of ether oxygens (including phenoxy) is 1. The third-order valence-electron chi connectivity index (χ3n) is 5.09. The Balaban J connectivity index is 1.75. The minimum Gasteiger partial charge on any atom is -0.494 e. The summed E-state index contributed by atoms with van der Waals surface area (Å²) in [4.78, 5) is 12.4. The number of esters is 1. The van der Waals surface area contributed by atoms with Gasteiger partial charge in [0.05, 0.1) is 11.3 Å². The molecule has 0 aliphatic heterocycles. The summed E-state index contributed by atoms with van der Waals surface area (Å²) in [7, 11) is 0. The van der Waals surface area contributed by atoms with Crippen molar-refractivity contribution in [1.82, 2.24) is 4.57 Å². The van der Waals surface area contributed by atoms with Crippen molar-refractivity contribution in [3.8, 4) is 23.2 Å². The van der Waals surface area contributed by atoms with Crippen LogP contribution in [0, 0.1) is 5.92 Å². The van der Waals surface area contributed by atoms with Gasteiger partial charge < -0.3 is 14.9 Å². The Morgan fingerprint density at radius 1 is 1.00 bits per heavy atom. The fourth-order valence-corrected chi connectivity index (χ4v) is 3.65. The summed E-state index contributed by atoms with van der Waals surface area (Å²) in [6, 6.07) is 15.6. The smallest absolute Gasteiger partial charge is 0.343 e. The molecule has 1 aliphatic carbocycles. The van der Waals surface area contributed by atoms with E-state index in [2.05, 4.69) is 6.92 Å². The molecule has 5 nitrogen and oxygen atoms in total. The highest BCUT2D eigenvalue weighted by Crippen LogP contribution is 2.43. The molecule has 0 bridgehead atoms. The number of hydrogen-bond acceptors (Lipinski definition) is 4. The zero-order chi connectivity index (χ0) is 19.0. The fraction of sp³-hybridized carbons (Fsp3) is 0.227. The van der Waals surface area contributed by atoms with E-state index in [-0.39, 0.29) is 17.5 Å². The van der Waals surface area contributed by atoms with E-state index >= 15 is 0 Å². The molecule has 1 aliphatic rings. The van der Waals surface area contributed by atoms with E-state index in [1.54, 1.807) is 48.5 Å². The highest BCUT2D eigenvalue weighted by atomic mass is 16.5. The van der Waals surface area contributed by atoms with Gasteiger partial charge in [-0.1, -0.05) is 37.3 Å². The number of carbonyl (C=O) groups is 1. The number of nitrogens with zero attached hydrogens (tertiary/aromatic N) is 1. The van der Waals surface area contributed by atoms with Gasteiger partial charge in [0.1, 0.15) is 0 Å².